The fraction of sp³-hybridized carbons (Fsp3) is 0.429. The summed E-state index contributed by atoms with van der Waals surface area (Å²) in [6.07, 6.45) is 0.0804. The number of fused-ring (bicyclic) bond motifs is 1. The van der Waals surface area contributed by atoms with Gasteiger partial charge in [-0.3, -0.25) is 14.5 Å². The number of imide groups is 1. The number of carbonyl (C=O) groups excluding carboxylic acids is 2. The highest BCUT2D eigenvalue weighted by Crippen LogP contribution is 2.42. The summed E-state index contributed by atoms with van der Waals surface area (Å²) in [7, 11) is 0. The average Bonchev–Trinajstić information content (AvgIpc) is 2.89. The summed E-state index contributed by atoms with van der Waals surface area (Å²) < 4.78 is 5.53. The van der Waals surface area contributed by atoms with E-state index in [0.29, 0.717) is 11.1 Å². The van der Waals surface area contributed by atoms with Crippen molar-refractivity contribution in [3.05, 3.63) is 35.4 Å². The highest BCUT2D eigenvalue weighted by Gasteiger charge is 2.58. The van der Waals surface area contributed by atoms with Crippen molar-refractivity contribution in [2.45, 2.75) is 38.5 Å². The molecule has 1 aromatic carbocycles. The van der Waals surface area contributed by atoms with Crippen molar-refractivity contribution in [3.8, 4) is 0 Å². The minimum atomic E-state index is -0.409. The summed E-state index contributed by atoms with van der Waals surface area (Å²) in [6, 6.07) is 6.69. The third-order valence-corrected chi connectivity index (χ3v) is 4.22. The maximum atomic E-state index is 12.3. The van der Waals surface area contributed by atoms with Gasteiger partial charge in [0, 0.05) is 0 Å². The summed E-state index contributed by atoms with van der Waals surface area (Å²) in [6.45, 7) is 5.76. The van der Waals surface area contributed by atoms with Gasteiger partial charge < -0.3 is 4.74 Å². The lowest BCUT2D eigenvalue weighted by Gasteiger charge is -2.26. The van der Waals surface area contributed by atoms with Gasteiger partial charge in [0.1, 0.15) is 5.60 Å². The molecular formula is C14H15NO3. The van der Waals surface area contributed by atoms with E-state index in [1.165, 1.54) is 4.90 Å². The number of hydrogen-bond donors (Lipinski definition) is 0. The predicted molar refractivity (Wildman–Crippen MR) is 65.4 cm³/mol. The number of carbonyl (C=O) groups is 2. The second kappa shape index (κ2) is 3.42. The fourth-order valence-electron chi connectivity index (χ4n) is 2.60. The topological polar surface area (TPSA) is 49.9 Å². The first kappa shape index (κ1) is 11.4. The molecule has 0 radical (unpaired) electrons. The second-order valence-corrected chi connectivity index (χ2v) is 5.15. The molecule has 2 heterocycles. The zero-order valence-corrected chi connectivity index (χ0v) is 10.6. The van der Waals surface area contributed by atoms with Gasteiger partial charge in [-0.15, -0.1) is 0 Å². The third-order valence-electron chi connectivity index (χ3n) is 4.22. The quantitative estimate of drug-likeness (QED) is 0.590. The number of epoxide rings is 1. The maximum Gasteiger partial charge on any atom is 0.261 e. The molecule has 0 N–H and O–H groups in total. The van der Waals surface area contributed by atoms with E-state index in [0.717, 1.165) is 0 Å². The highest BCUT2D eigenvalue weighted by atomic mass is 16.6. The minimum absolute atomic E-state index is 0.0804. The van der Waals surface area contributed by atoms with Crippen LogP contribution in [0.1, 0.15) is 41.5 Å². The molecule has 2 aliphatic heterocycles. The largest absolute Gasteiger partial charge is 0.364 e. The Balaban J connectivity index is 1.98. The molecule has 0 bridgehead atoms. The predicted octanol–water partition coefficient (Wildman–Crippen LogP) is 1.85. The van der Waals surface area contributed by atoms with E-state index in [9.17, 15) is 9.59 Å². The number of nitrogens with zero attached hydrogens (tertiary/aromatic N) is 1. The van der Waals surface area contributed by atoms with Crippen molar-refractivity contribution in [1.29, 1.82) is 0 Å². The van der Waals surface area contributed by atoms with E-state index >= 15 is 0 Å². The lowest BCUT2D eigenvalue weighted by Crippen LogP contribution is -2.46. The van der Waals surface area contributed by atoms with Crippen molar-refractivity contribution in [2.75, 3.05) is 0 Å². The normalized spacial score (nSPS) is 31.5. The zero-order valence-electron chi connectivity index (χ0n) is 10.6. The molecule has 0 aromatic heterocycles. The van der Waals surface area contributed by atoms with Gasteiger partial charge in [-0.1, -0.05) is 12.1 Å². The molecule has 94 valence electrons. The van der Waals surface area contributed by atoms with E-state index in [1.807, 2.05) is 20.8 Å². The Hall–Kier alpha value is -1.68. The lowest BCUT2D eigenvalue weighted by molar-refractivity contribution is 0.0520. The van der Waals surface area contributed by atoms with Crippen molar-refractivity contribution >= 4 is 11.8 Å². The molecule has 2 amide bonds. The van der Waals surface area contributed by atoms with Gasteiger partial charge in [-0.25, -0.2) is 0 Å². The van der Waals surface area contributed by atoms with Gasteiger partial charge in [-0.05, 0) is 32.9 Å². The Morgan fingerprint density at radius 3 is 2.06 bits per heavy atom. The number of ether oxygens (including phenoxy) is 1. The average molecular weight is 245 g/mol. The molecule has 0 aliphatic carbocycles. The smallest absolute Gasteiger partial charge is 0.261 e. The molecule has 1 saturated heterocycles. The van der Waals surface area contributed by atoms with Crippen LogP contribution in [-0.2, 0) is 4.74 Å². The SMILES string of the molecule is CC1OC1(C)C(C)N1C(=O)c2ccccc2C1=O. The van der Waals surface area contributed by atoms with Crippen LogP contribution in [0.2, 0.25) is 0 Å². The molecule has 2 aliphatic rings. The first-order valence-corrected chi connectivity index (χ1v) is 6.11. The molecule has 3 unspecified atom stereocenters. The van der Waals surface area contributed by atoms with Crippen LogP contribution in [0.25, 0.3) is 0 Å². The number of rotatable bonds is 2. The van der Waals surface area contributed by atoms with Crippen molar-refractivity contribution in [3.63, 3.8) is 0 Å². The van der Waals surface area contributed by atoms with Gasteiger partial charge in [-0.2, -0.15) is 0 Å². The molecule has 1 fully saturated rings. The number of benzene rings is 1. The number of amides is 2. The standard InChI is InChI=1S/C14H15NO3/c1-8(14(3)9(2)18-14)15-12(16)10-6-4-5-7-11(10)13(15)17/h4-9H,1-3H3. The van der Waals surface area contributed by atoms with E-state index < -0.39 is 5.60 Å². The van der Waals surface area contributed by atoms with Gasteiger partial charge in [0.15, 0.2) is 0 Å². The molecule has 18 heavy (non-hydrogen) atoms. The molecule has 0 spiro atoms. The molecule has 0 saturated carbocycles. The summed E-state index contributed by atoms with van der Waals surface area (Å²) in [5.41, 5.74) is 0.574. The first-order valence-electron chi connectivity index (χ1n) is 6.11. The van der Waals surface area contributed by atoms with Crippen LogP contribution in [0.4, 0.5) is 0 Å². The van der Waals surface area contributed by atoms with Crippen molar-refractivity contribution in [1.82, 2.24) is 4.90 Å². The van der Waals surface area contributed by atoms with E-state index in [1.54, 1.807) is 24.3 Å². The third kappa shape index (κ3) is 1.29. The van der Waals surface area contributed by atoms with Gasteiger partial charge in [0.2, 0.25) is 0 Å². The van der Waals surface area contributed by atoms with Gasteiger partial charge in [0.05, 0.1) is 23.3 Å². The highest BCUT2D eigenvalue weighted by molar-refractivity contribution is 6.21. The van der Waals surface area contributed by atoms with Crippen LogP contribution < -0.4 is 0 Å². The number of hydrogen-bond acceptors (Lipinski definition) is 3. The van der Waals surface area contributed by atoms with Crippen molar-refractivity contribution < 1.29 is 14.3 Å². The maximum absolute atomic E-state index is 12.3. The lowest BCUT2D eigenvalue weighted by atomic mass is 9.99. The van der Waals surface area contributed by atoms with E-state index in [2.05, 4.69) is 0 Å². The molecule has 3 rings (SSSR count). The molecule has 4 heteroatoms. The monoisotopic (exact) mass is 245 g/mol. The second-order valence-electron chi connectivity index (χ2n) is 5.15. The van der Waals surface area contributed by atoms with Crippen LogP contribution in [-0.4, -0.2) is 34.5 Å². The fourth-order valence-corrected chi connectivity index (χ4v) is 2.60. The van der Waals surface area contributed by atoms with Gasteiger partial charge in [0.25, 0.3) is 11.8 Å². The van der Waals surface area contributed by atoms with Crippen molar-refractivity contribution in [2.24, 2.45) is 0 Å². The van der Waals surface area contributed by atoms with Gasteiger partial charge >= 0.3 is 0 Å². The molecular weight excluding hydrogens is 230 g/mol. The van der Waals surface area contributed by atoms with Crippen LogP contribution in [0.5, 0.6) is 0 Å². The summed E-state index contributed by atoms with van der Waals surface area (Å²) >= 11 is 0. The Kier molecular flexibility index (Phi) is 2.17. The van der Waals surface area contributed by atoms with E-state index in [4.69, 9.17) is 4.74 Å². The molecule has 1 aromatic rings. The summed E-state index contributed by atoms with van der Waals surface area (Å²) in [5, 5.41) is 0. The Bertz CT molecular complexity index is 519. The van der Waals surface area contributed by atoms with Crippen LogP contribution >= 0.6 is 0 Å². The summed E-state index contributed by atoms with van der Waals surface area (Å²) in [4.78, 5) is 25.9. The minimum Gasteiger partial charge on any atom is -0.364 e. The summed E-state index contributed by atoms with van der Waals surface area (Å²) in [5.74, 6) is -0.431. The Morgan fingerprint density at radius 1 is 1.22 bits per heavy atom. The van der Waals surface area contributed by atoms with Crippen LogP contribution in [0.15, 0.2) is 24.3 Å². The Morgan fingerprint density at radius 2 is 1.67 bits per heavy atom. The molecule has 4 nitrogen and oxygen atoms in total. The Labute approximate surface area is 106 Å². The van der Waals surface area contributed by atoms with Crippen LogP contribution in [0.3, 0.4) is 0 Å². The zero-order chi connectivity index (χ0) is 13.1. The van der Waals surface area contributed by atoms with Crippen LogP contribution in [0, 0.1) is 0 Å². The first-order chi connectivity index (χ1) is 8.47. The molecule has 3 atom stereocenters. The van der Waals surface area contributed by atoms with E-state index in [-0.39, 0.29) is 24.0 Å².